The van der Waals surface area contributed by atoms with Crippen molar-refractivity contribution in [2.45, 2.75) is 200 Å². The standard InChI is InChI=1S/C36H70N2O4/c1-4-7-10-13-15-16-18-21-24-30-34(39)37-31-26-25-29-33(36(41)42)38-35(40)32(27-22-19-12-9-6-3)28-23-20-17-14-11-8-5-2/h32-33H,4-31H2,1-3H3,(H,37,39)(H,38,40)(H,41,42)/t32?,33-/m0/s1. The minimum atomic E-state index is -0.963. The number of rotatable bonds is 32. The third-order valence-electron chi connectivity index (χ3n) is 8.55. The molecule has 0 aromatic rings. The van der Waals surface area contributed by atoms with Crippen LogP contribution in [0.3, 0.4) is 0 Å². The van der Waals surface area contributed by atoms with Crippen molar-refractivity contribution in [1.29, 1.82) is 0 Å². The van der Waals surface area contributed by atoms with Gasteiger partial charge in [-0.2, -0.15) is 0 Å². The zero-order valence-electron chi connectivity index (χ0n) is 28.1. The van der Waals surface area contributed by atoms with E-state index in [2.05, 4.69) is 31.4 Å². The SMILES string of the molecule is CCCCCCCCCCCC(=O)NCCCC[C@H](NC(=O)C(CCCCCCC)CCCCCCCCC)C(=O)O. The maximum absolute atomic E-state index is 13.2. The van der Waals surface area contributed by atoms with E-state index in [1.807, 2.05) is 0 Å². The van der Waals surface area contributed by atoms with E-state index in [1.54, 1.807) is 0 Å². The third kappa shape index (κ3) is 26.1. The molecule has 2 amide bonds. The normalized spacial score (nSPS) is 12.6. The van der Waals surface area contributed by atoms with Crippen molar-refractivity contribution < 1.29 is 19.5 Å². The molecule has 0 bridgehead atoms. The Bertz CT molecular complexity index is 640. The first-order valence-corrected chi connectivity index (χ1v) is 18.3. The highest BCUT2D eigenvalue weighted by molar-refractivity contribution is 5.84. The molecule has 0 saturated carbocycles. The predicted molar refractivity (Wildman–Crippen MR) is 178 cm³/mol. The molecule has 0 aromatic heterocycles. The molecule has 0 fully saturated rings. The van der Waals surface area contributed by atoms with Gasteiger partial charge in [0.25, 0.3) is 0 Å². The van der Waals surface area contributed by atoms with Crippen LogP contribution in [0.4, 0.5) is 0 Å². The third-order valence-corrected chi connectivity index (χ3v) is 8.55. The Hall–Kier alpha value is -1.59. The maximum Gasteiger partial charge on any atom is 0.326 e. The number of hydrogen-bond acceptors (Lipinski definition) is 3. The topological polar surface area (TPSA) is 95.5 Å². The summed E-state index contributed by atoms with van der Waals surface area (Å²) in [7, 11) is 0. The lowest BCUT2D eigenvalue weighted by atomic mass is 9.93. The molecular weight excluding hydrogens is 524 g/mol. The smallest absolute Gasteiger partial charge is 0.326 e. The van der Waals surface area contributed by atoms with Gasteiger partial charge in [-0.15, -0.1) is 0 Å². The van der Waals surface area contributed by atoms with Crippen molar-refractivity contribution in [3.05, 3.63) is 0 Å². The second kappa shape index (κ2) is 30.9. The minimum Gasteiger partial charge on any atom is -0.480 e. The van der Waals surface area contributed by atoms with Gasteiger partial charge in [-0.05, 0) is 38.5 Å². The van der Waals surface area contributed by atoms with Gasteiger partial charge in [0.1, 0.15) is 6.04 Å². The summed E-state index contributed by atoms with van der Waals surface area (Å²) in [6, 6.07) is -0.855. The first kappa shape index (κ1) is 40.4. The molecule has 1 unspecified atom stereocenters. The molecule has 248 valence electrons. The van der Waals surface area contributed by atoms with Crippen molar-refractivity contribution in [3.8, 4) is 0 Å². The number of aliphatic carboxylic acids is 1. The molecule has 0 spiro atoms. The van der Waals surface area contributed by atoms with Crippen molar-refractivity contribution in [2.24, 2.45) is 5.92 Å². The molecule has 6 heteroatoms. The molecule has 2 atom stereocenters. The van der Waals surface area contributed by atoms with Crippen molar-refractivity contribution >= 4 is 17.8 Å². The first-order chi connectivity index (χ1) is 20.5. The Balaban J connectivity index is 4.30. The van der Waals surface area contributed by atoms with Crippen LogP contribution in [0.25, 0.3) is 0 Å². The number of carboxylic acid groups (broad SMARTS) is 1. The van der Waals surface area contributed by atoms with Crippen molar-refractivity contribution in [2.75, 3.05) is 6.54 Å². The summed E-state index contributed by atoms with van der Waals surface area (Å²) in [4.78, 5) is 37.2. The van der Waals surface area contributed by atoms with Gasteiger partial charge < -0.3 is 15.7 Å². The van der Waals surface area contributed by atoms with Crippen molar-refractivity contribution in [3.63, 3.8) is 0 Å². The van der Waals surface area contributed by atoms with Crippen LogP contribution in [-0.4, -0.2) is 35.5 Å². The molecule has 0 saturated heterocycles. The fourth-order valence-corrected chi connectivity index (χ4v) is 5.68. The zero-order valence-corrected chi connectivity index (χ0v) is 28.1. The molecule has 6 nitrogen and oxygen atoms in total. The summed E-state index contributed by atoms with van der Waals surface area (Å²) in [5.74, 6) is -1.05. The Kier molecular flexibility index (Phi) is 29.7. The van der Waals surface area contributed by atoms with E-state index in [1.165, 1.54) is 96.3 Å². The molecule has 0 aliphatic carbocycles. The van der Waals surface area contributed by atoms with Crippen LogP contribution >= 0.6 is 0 Å². The lowest BCUT2D eigenvalue weighted by Crippen LogP contribution is -2.43. The Labute approximate surface area is 260 Å². The molecule has 42 heavy (non-hydrogen) atoms. The average molecular weight is 595 g/mol. The van der Waals surface area contributed by atoms with Gasteiger partial charge in [0, 0.05) is 18.9 Å². The fourth-order valence-electron chi connectivity index (χ4n) is 5.68. The molecule has 0 radical (unpaired) electrons. The highest BCUT2D eigenvalue weighted by atomic mass is 16.4. The van der Waals surface area contributed by atoms with Crippen LogP contribution in [0.2, 0.25) is 0 Å². The highest BCUT2D eigenvalue weighted by Gasteiger charge is 2.24. The van der Waals surface area contributed by atoms with E-state index >= 15 is 0 Å². The predicted octanol–water partition coefficient (Wildman–Crippen LogP) is 9.88. The number of carbonyl (C=O) groups excluding carboxylic acids is 2. The Morgan fingerprint density at radius 1 is 0.524 bits per heavy atom. The van der Waals surface area contributed by atoms with E-state index in [9.17, 15) is 19.5 Å². The number of amides is 2. The first-order valence-electron chi connectivity index (χ1n) is 18.3. The van der Waals surface area contributed by atoms with Crippen LogP contribution in [-0.2, 0) is 14.4 Å². The van der Waals surface area contributed by atoms with Gasteiger partial charge in [-0.3, -0.25) is 9.59 Å². The number of hydrogen-bond donors (Lipinski definition) is 3. The fraction of sp³-hybridized carbons (Fsp3) is 0.917. The molecule has 0 aromatic carbocycles. The summed E-state index contributed by atoms with van der Waals surface area (Å²) in [5.41, 5.74) is 0. The molecular formula is C36H70N2O4. The van der Waals surface area contributed by atoms with E-state index in [4.69, 9.17) is 0 Å². The van der Waals surface area contributed by atoms with E-state index in [0.717, 1.165) is 57.8 Å². The number of carboxylic acids is 1. The molecule has 0 aliphatic rings. The maximum atomic E-state index is 13.2. The second-order valence-electron chi connectivity index (χ2n) is 12.6. The number of carbonyl (C=O) groups is 3. The van der Waals surface area contributed by atoms with Gasteiger partial charge in [0.2, 0.25) is 11.8 Å². The van der Waals surface area contributed by atoms with E-state index < -0.39 is 12.0 Å². The molecule has 0 rings (SSSR count). The quantitative estimate of drug-likeness (QED) is 0.0675. The molecule has 0 aliphatic heterocycles. The second-order valence-corrected chi connectivity index (χ2v) is 12.6. The number of nitrogens with one attached hydrogen (secondary N) is 2. The monoisotopic (exact) mass is 595 g/mol. The summed E-state index contributed by atoms with van der Waals surface area (Å²) in [5, 5.41) is 15.6. The average Bonchev–Trinajstić information content (AvgIpc) is 2.97. The van der Waals surface area contributed by atoms with Crippen LogP contribution < -0.4 is 10.6 Å². The molecule has 0 heterocycles. The zero-order chi connectivity index (χ0) is 31.1. The van der Waals surface area contributed by atoms with Gasteiger partial charge in [0.15, 0.2) is 0 Å². The lowest BCUT2D eigenvalue weighted by molar-refractivity contribution is -0.142. The summed E-state index contributed by atoms with van der Waals surface area (Å²) < 4.78 is 0. The van der Waals surface area contributed by atoms with E-state index in [0.29, 0.717) is 25.8 Å². The summed E-state index contributed by atoms with van der Waals surface area (Å²) in [6.07, 6.45) is 29.5. The van der Waals surface area contributed by atoms with Crippen LogP contribution in [0.5, 0.6) is 0 Å². The van der Waals surface area contributed by atoms with Crippen LogP contribution in [0, 0.1) is 5.92 Å². The molecule has 3 N–H and O–H groups in total. The summed E-state index contributed by atoms with van der Waals surface area (Å²) in [6.45, 7) is 7.24. The van der Waals surface area contributed by atoms with Gasteiger partial charge >= 0.3 is 5.97 Å². The Morgan fingerprint density at radius 2 is 0.929 bits per heavy atom. The largest absolute Gasteiger partial charge is 0.480 e. The van der Waals surface area contributed by atoms with Crippen molar-refractivity contribution in [1.82, 2.24) is 10.6 Å². The van der Waals surface area contributed by atoms with Crippen LogP contribution in [0.1, 0.15) is 194 Å². The van der Waals surface area contributed by atoms with Gasteiger partial charge in [0.05, 0.1) is 0 Å². The van der Waals surface area contributed by atoms with Gasteiger partial charge in [-0.25, -0.2) is 4.79 Å². The van der Waals surface area contributed by atoms with Crippen LogP contribution in [0.15, 0.2) is 0 Å². The lowest BCUT2D eigenvalue weighted by Gasteiger charge is -2.21. The number of unbranched alkanes of at least 4 members (excludes halogenated alkanes) is 19. The Morgan fingerprint density at radius 3 is 1.38 bits per heavy atom. The summed E-state index contributed by atoms with van der Waals surface area (Å²) >= 11 is 0. The van der Waals surface area contributed by atoms with E-state index in [-0.39, 0.29) is 17.7 Å². The minimum absolute atomic E-state index is 0.0851. The van der Waals surface area contributed by atoms with Gasteiger partial charge in [-0.1, -0.05) is 149 Å². The highest BCUT2D eigenvalue weighted by Crippen LogP contribution is 2.20.